The Labute approximate surface area is 134 Å². The van der Waals surface area contributed by atoms with Gasteiger partial charge in [0, 0.05) is 18.9 Å². The van der Waals surface area contributed by atoms with Crippen molar-refractivity contribution >= 4 is 15.9 Å². The van der Waals surface area contributed by atoms with Crippen LogP contribution in [-0.4, -0.2) is 28.5 Å². The van der Waals surface area contributed by atoms with Gasteiger partial charge in [0.1, 0.15) is 6.33 Å². The molecular formula is C15H18N4O3S. The van der Waals surface area contributed by atoms with Crippen LogP contribution in [0, 0.1) is 0 Å². The van der Waals surface area contributed by atoms with Gasteiger partial charge in [-0.2, -0.15) is 8.42 Å². The van der Waals surface area contributed by atoms with Gasteiger partial charge < -0.3 is 5.32 Å². The summed E-state index contributed by atoms with van der Waals surface area (Å²) < 4.78 is 25.9. The maximum absolute atomic E-state index is 12.5. The highest BCUT2D eigenvalue weighted by atomic mass is 32.2. The van der Waals surface area contributed by atoms with Crippen LogP contribution in [0.1, 0.15) is 43.5 Å². The van der Waals surface area contributed by atoms with Crippen LogP contribution in [0.4, 0.5) is 0 Å². The molecule has 1 saturated carbocycles. The topological polar surface area (TPSA) is 94.0 Å². The summed E-state index contributed by atoms with van der Waals surface area (Å²) in [6.07, 6.45) is 3.70. The fourth-order valence-electron chi connectivity index (χ4n) is 2.12. The molecule has 1 amide bonds. The number of hydrogen-bond acceptors (Lipinski definition) is 5. The fraction of sp³-hybridized carbons (Fsp3) is 0.400. The zero-order chi connectivity index (χ0) is 16.4. The average molecular weight is 334 g/mol. The summed E-state index contributed by atoms with van der Waals surface area (Å²) in [6.45, 7) is 2.15. The minimum absolute atomic E-state index is 0.0445. The molecule has 1 heterocycles. The molecule has 23 heavy (non-hydrogen) atoms. The predicted molar refractivity (Wildman–Crippen MR) is 83.2 cm³/mol. The third-order valence-corrected chi connectivity index (χ3v) is 5.25. The molecule has 2 aromatic rings. The first-order valence-electron chi connectivity index (χ1n) is 7.53. The molecule has 7 nitrogen and oxygen atoms in total. The average Bonchev–Trinajstić information content (AvgIpc) is 3.29. The molecule has 0 saturated heterocycles. The Balaban J connectivity index is 1.75. The molecular weight excluding hydrogens is 316 g/mol. The summed E-state index contributed by atoms with van der Waals surface area (Å²) in [4.78, 5) is 15.5. The Morgan fingerprint density at radius 2 is 2.00 bits per heavy atom. The van der Waals surface area contributed by atoms with Gasteiger partial charge in [-0.3, -0.25) is 4.79 Å². The molecule has 3 rings (SSSR count). The Morgan fingerprint density at radius 1 is 1.30 bits per heavy atom. The SMILES string of the molecule is CCC(=O)NCc1ccc(S(=O)(=O)n2cnc(C3CC3)n2)cc1. The molecule has 8 heteroatoms. The lowest BCUT2D eigenvalue weighted by atomic mass is 10.2. The summed E-state index contributed by atoms with van der Waals surface area (Å²) in [7, 11) is -3.72. The molecule has 1 aromatic carbocycles. The van der Waals surface area contributed by atoms with Crippen molar-refractivity contribution in [3.8, 4) is 0 Å². The third kappa shape index (κ3) is 3.42. The lowest BCUT2D eigenvalue weighted by Gasteiger charge is -2.06. The van der Waals surface area contributed by atoms with Gasteiger partial charge in [-0.1, -0.05) is 19.1 Å². The minimum Gasteiger partial charge on any atom is -0.352 e. The Kier molecular flexibility index (Phi) is 4.16. The predicted octanol–water partition coefficient (Wildman–Crippen LogP) is 1.42. The second-order valence-electron chi connectivity index (χ2n) is 5.53. The molecule has 1 N–H and O–H groups in total. The number of nitrogens with one attached hydrogen (secondary N) is 1. The summed E-state index contributed by atoms with van der Waals surface area (Å²) in [5.74, 6) is 0.848. The normalized spacial score (nSPS) is 14.7. The zero-order valence-corrected chi connectivity index (χ0v) is 13.6. The second kappa shape index (κ2) is 6.11. The van der Waals surface area contributed by atoms with E-state index in [1.54, 1.807) is 19.1 Å². The van der Waals surface area contributed by atoms with Crippen molar-refractivity contribution in [3.05, 3.63) is 42.0 Å². The van der Waals surface area contributed by atoms with E-state index in [0.717, 1.165) is 22.5 Å². The molecule has 0 bridgehead atoms. The van der Waals surface area contributed by atoms with Crippen LogP contribution in [0.5, 0.6) is 0 Å². The molecule has 122 valence electrons. The largest absolute Gasteiger partial charge is 0.352 e. The molecule has 1 aliphatic rings. The van der Waals surface area contributed by atoms with E-state index in [-0.39, 0.29) is 10.8 Å². The van der Waals surface area contributed by atoms with Gasteiger partial charge in [-0.05, 0) is 30.5 Å². The van der Waals surface area contributed by atoms with Crippen LogP contribution in [-0.2, 0) is 21.4 Å². The van der Waals surface area contributed by atoms with Gasteiger partial charge in [-0.25, -0.2) is 4.98 Å². The first kappa shape index (κ1) is 15.7. The van der Waals surface area contributed by atoms with Crippen LogP contribution in [0.25, 0.3) is 0 Å². The molecule has 0 spiro atoms. The monoisotopic (exact) mass is 334 g/mol. The number of hydrogen-bond donors (Lipinski definition) is 1. The number of benzene rings is 1. The lowest BCUT2D eigenvalue weighted by Crippen LogP contribution is -2.21. The van der Waals surface area contributed by atoms with Crippen molar-refractivity contribution in [2.24, 2.45) is 0 Å². The maximum atomic E-state index is 12.5. The highest BCUT2D eigenvalue weighted by Crippen LogP contribution is 2.37. The maximum Gasteiger partial charge on any atom is 0.284 e. The van der Waals surface area contributed by atoms with Gasteiger partial charge in [0.05, 0.1) is 4.90 Å². The van der Waals surface area contributed by atoms with Crippen LogP contribution in [0.2, 0.25) is 0 Å². The Bertz CT molecular complexity index is 808. The molecule has 0 unspecified atom stereocenters. The number of amides is 1. The van der Waals surface area contributed by atoms with Crippen LogP contribution in [0.15, 0.2) is 35.5 Å². The minimum atomic E-state index is -3.72. The smallest absolute Gasteiger partial charge is 0.284 e. The number of aromatic nitrogens is 3. The number of rotatable bonds is 6. The van der Waals surface area contributed by atoms with Crippen LogP contribution >= 0.6 is 0 Å². The van der Waals surface area contributed by atoms with Crippen molar-refractivity contribution in [2.75, 3.05) is 0 Å². The van der Waals surface area contributed by atoms with Gasteiger partial charge >= 0.3 is 0 Å². The quantitative estimate of drug-likeness (QED) is 0.862. The number of carbonyl (C=O) groups is 1. The highest BCUT2D eigenvalue weighted by molar-refractivity contribution is 7.89. The van der Waals surface area contributed by atoms with Gasteiger partial charge in [0.15, 0.2) is 5.82 Å². The van der Waals surface area contributed by atoms with Crippen molar-refractivity contribution in [1.29, 1.82) is 0 Å². The van der Waals surface area contributed by atoms with Crippen LogP contribution < -0.4 is 5.32 Å². The lowest BCUT2D eigenvalue weighted by molar-refractivity contribution is -0.120. The van der Waals surface area contributed by atoms with Crippen molar-refractivity contribution in [1.82, 2.24) is 19.5 Å². The summed E-state index contributed by atoms with van der Waals surface area (Å²) in [6, 6.07) is 6.39. The molecule has 0 radical (unpaired) electrons. The highest BCUT2D eigenvalue weighted by Gasteiger charge is 2.29. The summed E-state index contributed by atoms with van der Waals surface area (Å²) in [5.41, 5.74) is 0.836. The Morgan fingerprint density at radius 3 is 2.61 bits per heavy atom. The molecule has 1 aromatic heterocycles. The van der Waals surface area contributed by atoms with E-state index in [1.807, 2.05) is 0 Å². The fourth-order valence-corrected chi connectivity index (χ4v) is 3.18. The second-order valence-corrected chi connectivity index (χ2v) is 7.32. The Hall–Kier alpha value is -2.22. The van der Waals surface area contributed by atoms with Crippen molar-refractivity contribution < 1.29 is 13.2 Å². The number of nitrogens with zero attached hydrogens (tertiary/aromatic N) is 3. The van der Waals surface area contributed by atoms with Gasteiger partial charge in [0.2, 0.25) is 5.91 Å². The van der Waals surface area contributed by atoms with Gasteiger partial charge in [0.25, 0.3) is 10.0 Å². The molecule has 1 fully saturated rings. The van der Waals surface area contributed by atoms with Gasteiger partial charge in [-0.15, -0.1) is 9.19 Å². The first-order valence-corrected chi connectivity index (χ1v) is 8.97. The van der Waals surface area contributed by atoms with E-state index >= 15 is 0 Å². The molecule has 0 aliphatic heterocycles. The third-order valence-electron chi connectivity index (χ3n) is 3.71. The number of carbonyl (C=O) groups excluding carboxylic acids is 1. The zero-order valence-electron chi connectivity index (χ0n) is 12.8. The summed E-state index contributed by atoms with van der Waals surface area (Å²) >= 11 is 0. The summed E-state index contributed by atoms with van der Waals surface area (Å²) in [5, 5.41) is 6.82. The van der Waals surface area contributed by atoms with Crippen molar-refractivity contribution in [3.63, 3.8) is 0 Å². The van der Waals surface area contributed by atoms with E-state index in [0.29, 0.717) is 24.7 Å². The first-order chi connectivity index (χ1) is 11.0. The van der Waals surface area contributed by atoms with Crippen LogP contribution in [0.3, 0.4) is 0 Å². The van der Waals surface area contributed by atoms with E-state index in [9.17, 15) is 13.2 Å². The molecule has 0 atom stereocenters. The standard InChI is InChI=1S/C15H18N4O3S/c1-2-14(20)16-9-11-3-7-13(8-4-11)23(21,22)19-10-17-15(18-19)12-5-6-12/h3-4,7-8,10,12H,2,5-6,9H2,1H3,(H,16,20). The van der Waals surface area contributed by atoms with Crippen molar-refractivity contribution in [2.45, 2.75) is 43.5 Å². The van der Waals surface area contributed by atoms with E-state index < -0.39 is 10.0 Å². The van der Waals surface area contributed by atoms with E-state index in [2.05, 4.69) is 15.4 Å². The molecule has 1 aliphatic carbocycles. The van der Waals surface area contributed by atoms with E-state index in [4.69, 9.17) is 0 Å². The van der Waals surface area contributed by atoms with E-state index in [1.165, 1.54) is 18.5 Å².